The van der Waals surface area contributed by atoms with Gasteiger partial charge < -0.3 is 9.32 Å². The fraction of sp³-hybridized carbons (Fsp3) is 0.571. The van der Waals surface area contributed by atoms with Gasteiger partial charge in [-0.15, -0.1) is 5.10 Å². The molecule has 8 heteroatoms. The van der Waals surface area contributed by atoms with E-state index in [-0.39, 0.29) is 5.91 Å². The zero-order chi connectivity index (χ0) is 15.4. The molecule has 2 aromatic rings. The Morgan fingerprint density at radius 2 is 2.45 bits per heavy atom. The number of tetrazole rings is 1. The Hall–Kier alpha value is -1.83. The van der Waals surface area contributed by atoms with Crippen LogP contribution in [0.15, 0.2) is 28.0 Å². The zero-order valence-corrected chi connectivity index (χ0v) is 13.3. The third-order valence-corrected chi connectivity index (χ3v) is 4.66. The second-order valence-corrected chi connectivity index (χ2v) is 6.52. The molecule has 0 aromatic carbocycles. The molecule has 0 radical (unpaired) electrons. The average Bonchev–Trinajstić information content (AvgIpc) is 3.17. The topological polar surface area (TPSA) is 77.1 Å². The Morgan fingerprint density at radius 3 is 3.23 bits per heavy atom. The van der Waals surface area contributed by atoms with Crippen molar-refractivity contribution in [2.45, 2.75) is 31.5 Å². The van der Waals surface area contributed by atoms with Gasteiger partial charge in [0.1, 0.15) is 12.3 Å². The Bertz CT molecular complexity index is 613. The van der Waals surface area contributed by atoms with Crippen LogP contribution in [0.4, 0.5) is 0 Å². The lowest BCUT2D eigenvalue weighted by atomic mass is 10.0. The summed E-state index contributed by atoms with van der Waals surface area (Å²) in [6.07, 6.45) is 3.92. The number of nitrogens with zero attached hydrogens (tertiary/aromatic N) is 5. The van der Waals surface area contributed by atoms with Crippen molar-refractivity contribution in [3.63, 3.8) is 0 Å². The highest BCUT2D eigenvalue weighted by atomic mass is 32.2. The number of hydrogen-bond acceptors (Lipinski definition) is 6. The zero-order valence-electron chi connectivity index (χ0n) is 12.5. The van der Waals surface area contributed by atoms with Gasteiger partial charge in [-0.25, -0.2) is 4.68 Å². The van der Waals surface area contributed by atoms with Gasteiger partial charge in [0.25, 0.3) is 0 Å². The highest BCUT2D eigenvalue weighted by Crippen LogP contribution is 2.19. The molecule has 118 valence electrons. The highest BCUT2D eigenvalue weighted by Gasteiger charge is 2.21. The minimum absolute atomic E-state index is 0.157. The van der Waals surface area contributed by atoms with Crippen molar-refractivity contribution in [3.05, 3.63) is 24.2 Å². The summed E-state index contributed by atoms with van der Waals surface area (Å²) in [6.45, 7) is 4.38. The van der Waals surface area contributed by atoms with E-state index in [1.807, 2.05) is 17.0 Å². The van der Waals surface area contributed by atoms with Crippen LogP contribution in [0.1, 0.15) is 25.5 Å². The third-order valence-electron chi connectivity index (χ3n) is 3.72. The van der Waals surface area contributed by atoms with Crippen molar-refractivity contribution in [2.24, 2.45) is 5.92 Å². The maximum atomic E-state index is 12.3. The van der Waals surface area contributed by atoms with Gasteiger partial charge in [0.15, 0.2) is 0 Å². The van der Waals surface area contributed by atoms with E-state index in [1.54, 1.807) is 10.9 Å². The molecule has 0 saturated carbocycles. The second-order valence-electron chi connectivity index (χ2n) is 5.57. The van der Waals surface area contributed by atoms with Crippen LogP contribution in [0.2, 0.25) is 0 Å². The first kappa shape index (κ1) is 15.1. The number of carbonyl (C=O) groups excluding carboxylic acids is 1. The molecule has 0 aliphatic carbocycles. The van der Waals surface area contributed by atoms with E-state index < -0.39 is 0 Å². The maximum Gasteiger partial charge on any atom is 0.233 e. The molecule has 7 nitrogen and oxygen atoms in total. The second kappa shape index (κ2) is 6.95. The molecule has 1 atom stereocenters. The summed E-state index contributed by atoms with van der Waals surface area (Å²) < 4.78 is 6.94. The van der Waals surface area contributed by atoms with Crippen molar-refractivity contribution in [1.29, 1.82) is 0 Å². The molecule has 1 saturated heterocycles. The molecule has 0 N–H and O–H groups in total. The number of thioether (sulfide) groups is 1. The summed E-state index contributed by atoms with van der Waals surface area (Å²) >= 11 is 1.37. The van der Waals surface area contributed by atoms with Gasteiger partial charge in [-0.3, -0.25) is 4.79 Å². The van der Waals surface area contributed by atoms with Crippen LogP contribution in [0.5, 0.6) is 0 Å². The van der Waals surface area contributed by atoms with Crippen LogP contribution < -0.4 is 0 Å². The van der Waals surface area contributed by atoms with Crippen LogP contribution in [0, 0.1) is 5.92 Å². The predicted molar refractivity (Wildman–Crippen MR) is 81.3 cm³/mol. The summed E-state index contributed by atoms with van der Waals surface area (Å²) in [7, 11) is 0. The number of likely N-dealkylation sites (tertiary alicyclic amines) is 1. The minimum Gasteiger partial charge on any atom is -0.467 e. The first-order valence-corrected chi connectivity index (χ1v) is 8.40. The maximum absolute atomic E-state index is 12.3. The van der Waals surface area contributed by atoms with Crippen molar-refractivity contribution < 1.29 is 9.21 Å². The van der Waals surface area contributed by atoms with E-state index in [0.29, 0.717) is 23.4 Å². The fourth-order valence-corrected chi connectivity index (χ4v) is 3.36. The molecule has 1 aliphatic rings. The van der Waals surface area contributed by atoms with E-state index in [0.717, 1.165) is 25.3 Å². The van der Waals surface area contributed by atoms with Crippen LogP contribution >= 0.6 is 11.8 Å². The number of piperidine rings is 1. The summed E-state index contributed by atoms with van der Waals surface area (Å²) in [4.78, 5) is 14.2. The molecule has 1 amide bonds. The molecule has 0 bridgehead atoms. The summed E-state index contributed by atoms with van der Waals surface area (Å²) in [5.41, 5.74) is 0. The molecule has 1 fully saturated rings. The number of hydrogen-bond donors (Lipinski definition) is 0. The predicted octanol–water partition coefficient (Wildman–Crippen LogP) is 1.66. The van der Waals surface area contributed by atoms with Crippen LogP contribution in [0.25, 0.3) is 0 Å². The van der Waals surface area contributed by atoms with Gasteiger partial charge in [-0.05, 0) is 41.3 Å². The van der Waals surface area contributed by atoms with E-state index in [2.05, 4.69) is 22.4 Å². The first-order chi connectivity index (χ1) is 10.7. The SMILES string of the molecule is C[C@H]1CCCN(C(=O)CSc2nnnn2Cc2ccco2)C1. The highest BCUT2D eigenvalue weighted by molar-refractivity contribution is 7.99. The lowest BCUT2D eigenvalue weighted by Gasteiger charge is -2.30. The Kier molecular flexibility index (Phi) is 4.77. The van der Waals surface area contributed by atoms with E-state index >= 15 is 0 Å². The average molecular weight is 321 g/mol. The third kappa shape index (κ3) is 3.68. The fourth-order valence-electron chi connectivity index (χ4n) is 2.58. The van der Waals surface area contributed by atoms with Gasteiger partial charge in [0.05, 0.1) is 12.0 Å². The minimum atomic E-state index is 0.157. The van der Waals surface area contributed by atoms with Crippen molar-refractivity contribution in [2.75, 3.05) is 18.8 Å². The van der Waals surface area contributed by atoms with Gasteiger partial charge in [0.2, 0.25) is 11.1 Å². The van der Waals surface area contributed by atoms with Crippen molar-refractivity contribution in [1.82, 2.24) is 25.1 Å². The van der Waals surface area contributed by atoms with Crippen molar-refractivity contribution in [3.8, 4) is 0 Å². The largest absolute Gasteiger partial charge is 0.467 e. The van der Waals surface area contributed by atoms with Gasteiger partial charge in [-0.1, -0.05) is 18.7 Å². The van der Waals surface area contributed by atoms with Crippen LogP contribution in [-0.2, 0) is 11.3 Å². The normalized spacial score (nSPS) is 18.6. The number of rotatable bonds is 5. The molecule has 3 heterocycles. The molecule has 0 unspecified atom stereocenters. The molecule has 2 aromatic heterocycles. The molecular weight excluding hydrogens is 302 g/mol. The van der Waals surface area contributed by atoms with E-state index in [4.69, 9.17) is 4.42 Å². The van der Waals surface area contributed by atoms with Crippen LogP contribution in [0.3, 0.4) is 0 Å². The number of carbonyl (C=O) groups is 1. The van der Waals surface area contributed by atoms with E-state index in [1.165, 1.54) is 18.2 Å². The summed E-state index contributed by atoms with van der Waals surface area (Å²) in [5, 5.41) is 12.2. The lowest BCUT2D eigenvalue weighted by molar-refractivity contribution is -0.130. The quantitative estimate of drug-likeness (QED) is 0.780. The smallest absolute Gasteiger partial charge is 0.233 e. The number of amides is 1. The Morgan fingerprint density at radius 1 is 1.55 bits per heavy atom. The molecule has 0 spiro atoms. The van der Waals surface area contributed by atoms with Gasteiger partial charge in [0, 0.05) is 13.1 Å². The molecule has 1 aliphatic heterocycles. The Labute approximate surface area is 133 Å². The van der Waals surface area contributed by atoms with Crippen LogP contribution in [-0.4, -0.2) is 49.9 Å². The first-order valence-electron chi connectivity index (χ1n) is 7.41. The number of furan rings is 1. The molecule has 3 rings (SSSR count). The van der Waals surface area contributed by atoms with E-state index in [9.17, 15) is 4.79 Å². The van der Waals surface area contributed by atoms with Gasteiger partial charge in [-0.2, -0.15) is 0 Å². The monoisotopic (exact) mass is 321 g/mol. The molecule has 22 heavy (non-hydrogen) atoms. The lowest BCUT2D eigenvalue weighted by Crippen LogP contribution is -2.40. The Balaban J connectivity index is 1.55. The standard InChI is InChI=1S/C14H19N5O2S/c1-11-4-2-6-18(8-11)13(20)10-22-14-15-16-17-19(14)9-12-5-3-7-21-12/h3,5,7,11H,2,4,6,8-10H2,1H3/t11-/m0/s1. The van der Waals surface area contributed by atoms with Gasteiger partial charge >= 0.3 is 0 Å². The molecular formula is C14H19N5O2S. The summed E-state index contributed by atoms with van der Waals surface area (Å²) in [6, 6.07) is 3.70. The number of aromatic nitrogens is 4. The summed E-state index contributed by atoms with van der Waals surface area (Å²) in [5.74, 6) is 1.90. The van der Waals surface area contributed by atoms with Crippen molar-refractivity contribution >= 4 is 17.7 Å².